The van der Waals surface area contributed by atoms with E-state index in [1.165, 1.54) is 12.1 Å². The Morgan fingerprint density at radius 3 is 2.41 bits per heavy atom. The molecule has 0 fully saturated rings. The molecule has 0 bridgehead atoms. The lowest BCUT2D eigenvalue weighted by atomic mass is 10.1. The van der Waals surface area contributed by atoms with Crippen molar-refractivity contribution in [2.75, 3.05) is 20.3 Å². The summed E-state index contributed by atoms with van der Waals surface area (Å²) < 4.78 is 27.1. The van der Waals surface area contributed by atoms with E-state index in [0.29, 0.717) is 6.61 Å². The number of nitrogens with one attached hydrogen (secondary N) is 1. The van der Waals surface area contributed by atoms with Crippen LogP contribution in [0.1, 0.15) is 18.5 Å². The maximum Gasteiger partial charge on any atom is 0.238 e. The maximum atomic E-state index is 11.1. The Hall–Kier alpha value is -0.950. The van der Waals surface area contributed by atoms with Gasteiger partial charge in [0.25, 0.3) is 0 Å². The van der Waals surface area contributed by atoms with Gasteiger partial charge in [-0.1, -0.05) is 12.1 Å². The number of ether oxygens (including phenoxy) is 1. The van der Waals surface area contributed by atoms with Gasteiger partial charge in [-0.15, -0.1) is 0 Å². The van der Waals surface area contributed by atoms with Crippen molar-refractivity contribution in [3.05, 3.63) is 29.8 Å². The molecule has 0 heterocycles. The molecule has 0 aliphatic rings. The summed E-state index contributed by atoms with van der Waals surface area (Å²) in [6.45, 7) is 3.38. The second-order valence-corrected chi connectivity index (χ2v) is 5.34. The summed E-state index contributed by atoms with van der Waals surface area (Å²) in [5, 5.41) is 8.27. The summed E-state index contributed by atoms with van der Waals surface area (Å²) in [6, 6.07) is 6.67. The first-order chi connectivity index (χ1) is 7.95. The van der Waals surface area contributed by atoms with Crippen molar-refractivity contribution in [2.24, 2.45) is 5.14 Å². The molecule has 1 atom stereocenters. The van der Waals surface area contributed by atoms with Gasteiger partial charge >= 0.3 is 0 Å². The molecule has 1 aromatic rings. The molecule has 1 aromatic carbocycles. The molecule has 3 N–H and O–H groups in total. The van der Waals surface area contributed by atoms with E-state index in [-0.39, 0.29) is 10.9 Å². The molecule has 5 nitrogen and oxygen atoms in total. The average molecular weight is 258 g/mol. The molecule has 0 spiro atoms. The number of methoxy groups -OCH3 is 1. The monoisotopic (exact) mass is 258 g/mol. The normalized spacial score (nSPS) is 13.6. The van der Waals surface area contributed by atoms with Crippen molar-refractivity contribution in [3.63, 3.8) is 0 Å². The third kappa shape index (κ3) is 4.43. The Morgan fingerprint density at radius 1 is 1.35 bits per heavy atom. The van der Waals surface area contributed by atoms with Crippen LogP contribution in [-0.2, 0) is 14.8 Å². The van der Waals surface area contributed by atoms with E-state index in [1.807, 2.05) is 6.92 Å². The minimum atomic E-state index is -3.61. The molecule has 0 saturated carbocycles. The van der Waals surface area contributed by atoms with Gasteiger partial charge in [-0.2, -0.15) is 0 Å². The fourth-order valence-corrected chi connectivity index (χ4v) is 1.96. The maximum absolute atomic E-state index is 11.1. The highest BCUT2D eigenvalue weighted by molar-refractivity contribution is 7.89. The Morgan fingerprint density at radius 2 is 1.94 bits per heavy atom. The molecular formula is C11H18N2O3S. The minimum Gasteiger partial charge on any atom is -0.383 e. The summed E-state index contributed by atoms with van der Waals surface area (Å²) in [6.07, 6.45) is 0. The van der Waals surface area contributed by atoms with E-state index >= 15 is 0 Å². The van der Waals surface area contributed by atoms with Crippen LogP contribution < -0.4 is 10.5 Å². The van der Waals surface area contributed by atoms with Gasteiger partial charge in [-0.3, -0.25) is 0 Å². The Balaban J connectivity index is 2.67. The smallest absolute Gasteiger partial charge is 0.238 e. The highest BCUT2D eigenvalue weighted by atomic mass is 32.2. The lowest BCUT2D eigenvalue weighted by molar-refractivity contribution is 0.196. The number of hydrogen-bond acceptors (Lipinski definition) is 4. The van der Waals surface area contributed by atoms with Crippen molar-refractivity contribution < 1.29 is 13.2 Å². The van der Waals surface area contributed by atoms with E-state index in [1.54, 1.807) is 19.2 Å². The van der Waals surface area contributed by atoms with Crippen molar-refractivity contribution in [1.82, 2.24) is 5.32 Å². The lowest BCUT2D eigenvalue weighted by Crippen LogP contribution is -2.23. The van der Waals surface area contributed by atoms with E-state index in [0.717, 1.165) is 12.1 Å². The first kappa shape index (κ1) is 14.1. The molecule has 17 heavy (non-hydrogen) atoms. The number of hydrogen-bond donors (Lipinski definition) is 2. The molecule has 0 amide bonds. The number of nitrogens with two attached hydrogens (primary N) is 1. The predicted octanol–water partition coefficient (Wildman–Crippen LogP) is 0.631. The summed E-state index contributed by atoms with van der Waals surface area (Å²) >= 11 is 0. The average Bonchev–Trinajstić information content (AvgIpc) is 2.28. The fraction of sp³-hybridized carbons (Fsp3) is 0.455. The summed E-state index contributed by atoms with van der Waals surface area (Å²) in [7, 11) is -1.96. The lowest BCUT2D eigenvalue weighted by Gasteiger charge is -2.14. The first-order valence-corrected chi connectivity index (χ1v) is 6.85. The van der Waals surface area contributed by atoms with Crippen LogP contribution in [0.15, 0.2) is 29.2 Å². The molecule has 6 heteroatoms. The molecule has 0 radical (unpaired) electrons. The third-order valence-electron chi connectivity index (χ3n) is 2.47. The molecule has 0 aliphatic heterocycles. The van der Waals surface area contributed by atoms with Gasteiger partial charge in [0.1, 0.15) is 0 Å². The van der Waals surface area contributed by atoms with Crippen molar-refractivity contribution >= 4 is 10.0 Å². The van der Waals surface area contributed by atoms with Crippen LogP contribution >= 0.6 is 0 Å². The minimum absolute atomic E-state index is 0.130. The van der Waals surface area contributed by atoms with Gasteiger partial charge in [0, 0.05) is 19.7 Å². The van der Waals surface area contributed by atoms with Gasteiger partial charge in [-0.05, 0) is 24.6 Å². The van der Waals surface area contributed by atoms with Gasteiger partial charge in [0.15, 0.2) is 0 Å². The summed E-state index contributed by atoms with van der Waals surface area (Å²) in [5.74, 6) is 0. The van der Waals surface area contributed by atoms with Crippen LogP contribution in [0.3, 0.4) is 0 Å². The molecule has 0 aromatic heterocycles. The van der Waals surface area contributed by atoms with Crippen LogP contribution in [0.25, 0.3) is 0 Å². The highest BCUT2D eigenvalue weighted by Crippen LogP contribution is 2.15. The van der Waals surface area contributed by atoms with Gasteiger partial charge in [-0.25, -0.2) is 13.6 Å². The first-order valence-electron chi connectivity index (χ1n) is 5.30. The molecule has 0 aliphatic carbocycles. The fourth-order valence-electron chi connectivity index (χ4n) is 1.44. The standard InChI is InChI=1S/C11H18N2O3S/c1-9(13-7-8-16-2)10-3-5-11(6-4-10)17(12,14)15/h3-6,9,13H,7-8H2,1-2H3,(H2,12,14,15). The quantitative estimate of drug-likeness (QED) is 0.733. The van der Waals surface area contributed by atoms with E-state index in [4.69, 9.17) is 9.88 Å². The van der Waals surface area contributed by atoms with E-state index in [9.17, 15) is 8.42 Å². The van der Waals surface area contributed by atoms with Gasteiger partial charge in [0.05, 0.1) is 11.5 Å². The summed E-state index contributed by atoms with van der Waals surface area (Å²) in [4.78, 5) is 0.130. The van der Waals surface area contributed by atoms with Crippen LogP contribution in [0, 0.1) is 0 Å². The third-order valence-corrected chi connectivity index (χ3v) is 3.39. The van der Waals surface area contributed by atoms with Crippen molar-refractivity contribution in [3.8, 4) is 0 Å². The zero-order valence-corrected chi connectivity index (χ0v) is 10.8. The molecule has 0 saturated heterocycles. The van der Waals surface area contributed by atoms with Crippen molar-refractivity contribution in [2.45, 2.75) is 17.9 Å². The number of primary sulfonamides is 1. The Labute approximate surface area is 102 Å². The van der Waals surface area contributed by atoms with Crippen molar-refractivity contribution in [1.29, 1.82) is 0 Å². The SMILES string of the molecule is COCCNC(C)c1ccc(S(N)(=O)=O)cc1. The Bertz CT molecular complexity index is 442. The molecule has 96 valence electrons. The van der Waals surface area contributed by atoms with Gasteiger partial charge < -0.3 is 10.1 Å². The van der Waals surface area contributed by atoms with E-state index < -0.39 is 10.0 Å². The number of benzene rings is 1. The predicted molar refractivity (Wildman–Crippen MR) is 66.1 cm³/mol. The zero-order valence-electron chi connectivity index (χ0n) is 10.0. The van der Waals surface area contributed by atoms with E-state index in [2.05, 4.69) is 5.32 Å². The second-order valence-electron chi connectivity index (χ2n) is 3.78. The number of rotatable bonds is 6. The van der Waals surface area contributed by atoms with Crippen LogP contribution in [-0.4, -0.2) is 28.7 Å². The van der Waals surface area contributed by atoms with Gasteiger partial charge in [0.2, 0.25) is 10.0 Å². The largest absolute Gasteiger partial charge is 0.383 e. The van der Waals surface area contributed by atoms with Crippen LogP contribution in [0.5, 0.6) is 0 Å². The topological polar surface area (TPSA) is 81.4 Å². The molecule has 1 rings (SSSR count). The zero-order chi connectivity index (χ0) is 12.9. The van der Waals surface area contributed by atoms with Crippen LogP contribution in [0.2, 0.25) is 0 Å². The van der Waals surface area contributed by atoms with Crippen LogP contribution in [0.4, 0.5) is 0 Å². The summed E-state index contributed by atoms with van der Waals surface area (Å²) in [5.41, 5.74) is 1.01. The second kappa shape index (κ2) is 6.11. The molecule has 1 unspecified atom stereocenters. The highest BCUT2D eigenvalue weighted by Gasteiger charge is 2.09. The Kier molecular flexibility index (Phi) is 5.07. The number of sulfonamides is 1. The molecular weight excluding hydrogens is 240 g/mol.